The van der Waals surface area contributed by atoms with Crippen molar-refractivity contribution < 1.29 is 4.74 Å². The fraction of sp³-hybridized carbons (Fsp3) is 1.00. The molecule has 1 aliphatic carbocycles. The zero-order chi connectivity index (χ0) is 10.1. The van der Waals surface area contributed by atoms with Gasteiger partial charge in [-0.15, -0.1) is 0 Å². The van der Waals surface area contributed by atoms with Gasteiger partial charge in [0.25, 0.3) is 0 Å². The molecule has 1 saturated carbocycles. The first-order valence-corrected chi connectivity index (χ1v) is 6.49. The van der Waals surface area contributed by atoms with E-state index < -0.39 is 0 Å². The van der Waals surface area contributed by atoms with E-state index in [-0.39, 0.29) is 0 Å². The minimum absolute atomic E-state index is 0.716. The van der Waals surface area contributed by atoms with Gasteiger partial charge in [-0.1, -0.05) is 0 Å². The van der Waals surface area contributed by atoms with E-state index in [0.29, 0.717) is 6.04 Å². The van der Waals surface area contributed by atoms with Crippen LogP contribution in [0.25, 0.3) is 0 Å². The van der Waals surface area contributed by atoms with E-state index in [9.17, 15) is 0 Å². The minimum atomic E-state index is 0.716. The van der Waals surface area contributed by atoms with Gasteiger partial charge in [0.15, 0.2) is 0 Å². The second-order valence-corrected chi connectivity index (χ2v) is 5.29. The van der Waals surface area contributed by atoms with Crippen LogP contribution in [0, 0.1) is 0 Å². The molecule has 3 fully saturated rings. The second-order valence-electron chi connectivity index (χ2n) is 5.29. The molecule has 15 heavy (non-hydrogen) atoms. The van der Waals surface area contributed by atoms with Gasteiger partial charge in [-0.2, -0.15) is 0 Å². The van der Waals surface area contributed by atoms with Gasteiger partial charge in [0.1, 0.15) is 0 Å². The van der Waals surface area contributed by atoms with Crippen LogP contribution in [0.2, 0.25) is 0 Å². The van der Waals surface area contributed by atoms with Gasteiger partial charge < -0.3 is 10.1 Å². The average molecular weight is 210 g/mol. The van der Waals surface area contributed by atoms with E-state index in [4.69, 9.17) is 4.74 Å². The Labute approximate surface area is 92.2 Å². The number of ether oxygens (including phenoxy) is 1. The third-order valence-electron chi connectivity index (χ3n) is 3.92. The number of nitrogens with zero attached hydrogens (tertiary/aromatic N) is 1. The summed E-state index contributed by atoms with van der Waals surface area (Å²) >= 11 is 0. The normalized spacial score (nSPS) is 38.4. The van der Waals surface area contributed by atoms with E-state index in [1.807, 2.05) is 0 Å². The predicted octanol–water partition coefficient (Wildman–Crippen LogP) is 0.992. The van der Waals surface area contributed by atoms with Crippen LogP contribution < -0.4 is 5.32 Å². The number of nitrogens with one attached hydrogen (secondary N) is 1. The van der Waals surface area contributed by atoms with Crippen molar-refractivity contribution in [3.05, 3.63) is 0 Å². The van der Waals surface area contributed by atoms with Gasteiger partial charge in [-0.3, -0.25) is 4.90 Å². The smallest absolute Gasteiger partial charge is 0.0622 e. The van der Waals surface area contributed by atoms with E-state index in [1.54, 1.807) is 0 Å². The highest BCUT2D eigenvalue weighted by molar-refractivity contribution is 4.90. The molecule has 0 amide bonds. The Hall–Kier alpha value is -0.120. The fourth-order valence-electron chi connectivity index (χ4n) is 2.87. The first-order chi connectivity index (χ1) is 7.42. The Morgan fingerprint density at radius 2 is 2.00 bits per heavy atom. The second kappa shape index (κ2) is 4.40. The summed E-state index contributed by atoms with van der Waals surface area (Å²) in [6, 6.07) is 2.33. The molecule has 0 aromatic carbocycles. The van der Waals surface area contributed by atoms with Crippen LogP contribution in [-0.2, 0) is 4.74 Å². The maximum absolute atomic E-state index is 5.48. The summed E-state index contributed by atoms with van der Waals surface area (Å²) in [5.74, 6) is 0. The lowest BCUT2D eigenvalue weighted by Gasteiger charge is -2.36. The van der Waals surface area contributed by atoms with Crippen LogP contribution in [0.1, 0.15) is 32.1 Å². The molecule has 3 rings (SSSR count). The van der Waals surface area contributed by atoms with Crippen molar-refractivity contribution in [2.75, 3.05) is 26.3 Å². The molecular weight excluding hydrogens is 188 g/mol. The maximum Gasteiger partial charge on any atom is 0.0622 e. The van der Waals surface area contributed by atoms with E-state index >= 15 is 0 Å². The summed E-state index contributed by atoms with van der Waals surface area (Å²) in [5, 5.41) is 3.76. The van der Waals surface area contributed by atoms with Crippen molar-refractivity contribution >= 4 is 0 Å². The molecule has 2 heterocycles. The Morgan fingerprint density at radius 3 is 2.73 bits per heavy atom. The molecule has 86 valence electrons. The molecular formula is C12H22N2O. The highest BCUT2D eigenvalue weighted by atomic mass is 16.5. The van der Waals surface area contributed by atoms with Gasteiger partial charge in [0, 0.05) is 31.3 Å². The minimum Gasteiger partial charge on any atom is -0.380 e. The standard InChI is InChI=1S/C12H22N2O/c1-2-11(13-10-3-4-10)8-14(6-1)12-5-7-15-9-12/h10-13H,1-9H2. The lowest BCUT2D eigenvalue weighted by Crippen LogP contribution is -2.50. The van der Waals surface area contributed by atoms with Crippen molar-refractivity contribution in [1.82, 2.24) is 10.2 Å². The van der Waals surface area contributed by atoms with Crippen molar-refractivity contribution in [1.29, 1.82) is 0 Å². The third kappa shape index (κ3) is 2.52. The van der Waals surface area contributed by atoms with Crippen LogP contribution in [0.15, 0.2) is 0 Å². The maximum atomic E-state index is 5.48. The lowest BCUT2D eigenvalue weighted by atomic mass is 10.0. The molecule has 3 nitrogen and oxygen atoms in total. The average Bonchev–Trinajstić information content (AvgIpc) is 2.91. The van der Waals surface area contributed by atoms with Gasteiger partial charge >= 0.3 is 0 Å². The molecule has 3 heteroatoms. The number of likely N-dealkylation sites (tertiary alicyclic amines) is 1. The van der Waals surface area contributed by atoms with Crippen molar-refractivity contribution in [3.8, 4) is 0 Å². The summed E-state index contributed by atoms with van der Waals surface area (Å²) in [7, 11) is 0. The number of hydrogen-bond donors (Lipinski definition) is 1. The lowest BCUT2D eigenvalue weighted by molar-refractivity contribution is 0.112. The largest absolute Gasteiger partial charge is 0.380 e. The number of hydrogen-bond acceptors (Lipinski definition) is 3. The molecule has 0 aromatic rings. The molecule has 3 aliphatic rings. The van der Waals surface area contributed by atoms with Crippen LogP contribution in [-0.4, -0.2) is 49.3 Å². The Kier molecular flexibility index (Phi) is 2.95. The third-order valence-corrected chi connectivity index (χ3v) is 3.92. The Balaban J connectivity index is 1.50. The summed E-state index contributed by atoms with van der Waals surface area (Å²) < 4.78 is 5.48. The highest BCUT2D eigenvalue weighted by Gasteiger charge is 2.31. The van der Waals surface area contributed by atoms with Gasteiger partial charge in [-0.05, 0) is 38.6 Å². The topological polar surface area (TPSA) is 24.5 Å². The first kappa shape index (κ1) is 10.1. The molecule has 2 atom stereocenters. The van der Waals surface area contributed by atoms with E-state index in [0.717, 1.165) is 25.3 Å². The fourth-order valence-corrected chi connectivity index (χ4v) is 2.87. The molecule has 2 unspecified atom stereocenters. The highest BCUT2D eigenvalue weighted by Crippen LogP contribution is 2.23. The molecule has 0 spiro atoms. The summed E-state index contributed by atoms with van der Waals surface area (Å²) in [5.41, 5.74) is 0. The van der Waals surface area contributed by atoms with Crippen molar-refractivity contribution in [2.24, 2.45) is 0 Å². The van der Waals surface area contributed by atoms with Crippen LogP contribution in [0.3, 0.4) is 0 Å². The number of rotatable bonds is 3. The van der Waals surface area contributed by atoms with Crippen LogP contribution in [0.5, 0.6) is 0 Å². The molecule has 0 bridgehead atoms. The predicted molar refractivity (Wildman–Crippen MR) is 60.0 cm³/mol. The zero-order valence-electron chi connectivity index (χ0n) is 9.45. The quantitative estimate of drug-likeness (QED) is 0.752. The molecule has 2 aliphatic heterocycles. The zero-order valence-corrected chi connectivity index (χ0v) is 9.45. The van der Waals surface area contributed by atoms with E-state index in [2.05, 4.69) is 10.2 Å². The van der Waals surface area contributed by atoms with E-state index in [1.165, 1.54) is 45.2 Å². The summed E-state index contributed by atoms with van der Waals surface area (Å²) in [4.78, 5) is 2.65. The van der Waals surface area contributed by atoms with Gasteiger partial charge in [0.2, 0.25) is 0 Å². The van der Waals surface area contributed by atoms with Gasteiger partial charge in [0.05, 0.1) is 6.61 Å². The van der Waals surface area contributed by atoms with Gasteiger partial charge in [-0.25, -0.2) is 0 Å². The first-order valence-electron chi connectivity index (χ1n) is 6.49. The van der Waals surface area contributed by atoms with Crippen LogP contribution >= 0.6 is 0 Å². The molecule has 2 saturated heterocycles. The Bertz CT molecular complexity index is 212. The molecule has 1 N–H and O–H groups in total. The SMILES string of the molecule is C1CC(NC2CC2)CN(C2CCOC2)C1. The molecule has 0 radical (unpaired) electrons. The number of piperidine rings is 1. The van der Waals surface area contributed by atoms with Crippen LogP contribution in [0.4, 0.5) is 0 Å². The molecule has 0 aromatic heterocycles. The van der Waals surface area contributed by atoms with Crippen molar-refractivity contribution in [3.63, 3.8) is 0 Å². The summed E-state index contributed by atoms with van der Waals surface area (Å²) in [6.07, 6.45) is 6.80. The monoisotopic (exact) mass is 210 g/mol. The Morgan fingerprint density at radius 1 is 1.07 bits per heavy atom. The van der Waals surface area contributed by atoms with Crippen molar-refractivity contribution in [2.45, 2.75) is 50.2 Å². The summed E-state index contributed by atoms with van der Waals surface area (Å²) in [6.45, 7) is 4.49.